The smallest absolute Gasteiger partial charge is 0.389 e. The maximum atomic E-state index is 13.1. The molecule has 0 amide bonds. The van der Waals surface area contributed by atoms with Crippen molar-refractivity contribution in [1.82, 2.24) is 9.55 Å². The lowest BCUT2D eigenvalue weighted by molar-refractivity contribution is -0.142. The van der Waals surface area contributed by atoms with Gasteiger partial charge in [0, 0.05) is 19.2 Å². The molecule has 2 heterocycles. The predicted octanol–water partition coefficient (Wildman–Crippen LogP) is 2.85. The van der Waals surface area contributed by atoms with Crippen LogP contribution >= 0.6 is 11.8 Å². The van der Waals surface area contributed by atoms with Gasteiger partial charge in [-0.3, -0.25) is 9.36 Å². The number of hydrogen-bond acceptors (Lipinski definition) is 5. The lowest BCUT2D eigenvalue weighted by Crippen LogP contribution is -2.29. The van der Waals surface area contributed by atoms with Crippen LogP contribution in [0, 0.1) is 6.92 Å². The first-order chi connectivity index (χ1) is 10.0. The van der Waals surface area contributed by atoms with Crippen LogP contribution in [0.2, 0.25) is 0 Å². The largest absolute Gasteiger partial charge is 0.433 e. The summed E-state index contributed by atoms with van der Waals surface area (Å²) in [7, 11) is 1.40. The Morgan fingerprint density at radius 3 is 2.55 bits per heavy atom. The molecule has 0 bridgehead atoms. The molecule has 0 unspecified atom stereocenters. The average Bonchev–Trinajstić information content (AvgIpc) is 2.73. The quantitative estimate of drug-likeness (QED) is 0.834. The molecule has 0 aliphatic carbocycles. The van der Waals surface area contributed by atoms with Gasteiger partial charge in [-0.1, -0.05) is 5.16 Å². The van der Waals surface area contributed by atoms with Crippen LogP contribution < -0.4 is 5.56 Å². The van der Waals surface area contributed by atoms with Crippen molar-refractivity contribution in [3.63, 3.8) is 0 Å². The topological polar surface area (TPSA) is 56.5 Å². The Hall–Kier alpha value is -1.51. The van der Waals surface area contributed by atoms with Crippen LogP contribution in [0.15, 0.2) is 9.95 Å². The van der Waals surface area contributed by atoms with E-state index in [9.17, 15) is 18.0 Å². The van der Waals surface area contributed by atoms with Gasteiger partial charge in [0.1, 0.15) is 16.5 Å². The van der Waals surface area contributed by atoms with Gasteiger partial charge in [0.05, 0.1) is 5.56 Å². The van der Waals surface area contributed by atoms with Gasteiger partial charge in [0.15, 0.2) is 5.69 Å². The molecule has 1 aliphatic heterocycles. The first-order valence-corrected chi connectivity index (χ1v) is 7.51. The fourth-order valence-electron chi connectivity index (χ4n) is 1.96. The zero-order valence-electron chi connectivity index (χ0n) is 12.6. The highest BCUT2D eigenvalue weighted by molar-refractivity contribution is 8.13. The van der Waals surface area contributed by atoms with Crippen molar-refractivity contribution in [2.24, 2.45) is 12.2 Å². The minimum absolute atomic E-state index is 0.0220. The van der Waals surface area contributed by atoms with Crippen LogP contribution in [0.3, 0.4) is 0 Å². The molecule has 0 aromatic carbocycles. The number of aryl methyl sites for hydroxylation is 1. The normalized spacial score (nSPS) is 17.3. The van der Waals surface area contributed by atoms with Gasteiger partial charge in [0.25, 0.3) is 5.56 Å². The van der Waals surface area contributed by atoms with E-state index in [4.69, 9.17) is 4.84 Å². The highest BCUT2D eigenvalue weighted by Gasteiger charge is 2.38. The Bertz CT molecular complexity index is 680. The van der Waals surface area contributed by atoms with Crippen LogP contribution in [-0.4, -0.2) is 20.2 Å². The molecule has 1 aromatic rings. The molecule has 0 saturated carbocycles. The van der Waals surface area contributed by atoms with Crippen LogP contribution in [0.4, 0.5) is 13.2 Å². The van der Waals surface area contributed by atoms with Gasteiger partial charge < -0.3 is 4.84 Å². The number of nitrogens with zero attached hydrogens (tertiary/aromatic N) is 3. The van der Waals surface area contributed by atoms with Gasteiger partial charge in [0.2, 0.25) is 0 Å². The molecule has 0 fully saturated rings. The maximum absolute atomic E-state index is 13.1. The summed E-state index contributed by atoms with van der Waals surface area (Å²) in [5.41, 5.74) is -2.64. The number of rotatable bonds is 2. The fraction of sp³-hybridized carbons (Fsp3) is 0.615. The number of alkyl halides is 3. The third kappa shape index (κ3) is 3.45. The second-order valence-corrected chi connectivity index (χ2v) is 6.70. The second kappa shape index (κ2) is 5.60. The van der Waals surface area contributed by atoms with Crippen molar-refractivity contribution >= 4 is 16.8 Å². The fourth-order valence-corrected chi connectivity index (χ4v) is 3.07. The Balaban J connectivity index is 2.31. The molecule has 5 nitrogen and oxygen atoms in total. The predicted molar refractivity (Wildman–Crippen MR) is 77.7 cm³/mol. The zero-order chi connectivity index (χ0) is 16.7. The monoisotopic (exact) mass is 335 g/mol. The van der Waals surface area contributed by atoms with E-state index in [2.05, 4.69) is 10.1 Å². The first kappa shape index (κ1) is 16.9. The minimum atomic E-state index is -4.67. The van der Waals surface area contributed by atoms with Gasteiger partial charge in [-0.25, -0.2) is 4.98 Å². The van der Waals surface area contributed by atoms with E-state index in [-0.39, 0.29) is 17.1 Å². The summed E-state index contributed by atoms with van der Waals surface area (Å²) in [5, 5.41) is 4.40. The van der Waals surface area contributed by atoms with Gasteiger partial charge in [-0.2, -0.15) is 13.2 Å². The summed E-state index contributed by atoms with van der Waals surface area (Å²) in [5.74, 6) is -0.124. The average molecular weight is 335 g/mol. The second-order valence-electron chi connectivity index (χ2n) is 5.65. The number of halogens is 3. The summed E-state index contributed by atoms with van der Waals surface area (Å²) in [4.78, 5) is 20.8. The Kier molecular flexibility index (Phi) is 4.29. The summed E-state index contributed by atoms with van der Waals surface area (Å²) < 4.78 is 40.4. The summed E-state index contributed by atoms with van der Waals surface area (Å²) >= 11 is 1.07. The maximum Gasteiger partial charge on any atom is 0.433 e. The molecule has 9 heteroatoms. The van der Waals surface area contributed by atoms with E-state index < -0.39 is 23.0 Å². The third-order valence-electron chi connectivity index (χ3n) is 3.23. The SMILES string of the molecule is Cc1nc(C(F)(F)F)c(CSC2=NOC(C)(C)C2)c(=O)n1C. The number of oxime groups is 1. The lowest BCUT2D eigenvalue weighted by Gasteiger charge is -2.15. The van der Waals surface area contributed by atoms with E-state index in [1.165, 1.54) is 14.0 Å². The van der Waals surface area contributed by atoms with Crippen LogP contribution in [0.1, 0.15) is 37.4 Å². The van der Waals surface area contributed by atoms with Crippen molar-refractivity contribution in [3.8, 4) is 0 Å². The molecule has 22 heavy (non-hydrogen) atoms. The van der Waals surface area contributed by atoms with Crippen LogP contribution in [0.25, 0.3) is 0 Å². The number of thioether (sulfide) groups is 1. The van der Waals surface area contributed by atoms with E-state index in [1.807, 2.05) is 13.8 Å². The third-order valence-corrected chi connectivity index (χ3v) is 4.22. The Labute approximate surface area is 129 Å². The Morgan fingerprint density at radius 2 is 2.05 bits per heavy atom. The van der Waals surface area contributed by atoms with Crippen LogP contribution in [-0.2, 0) is 23.8 Å². The molecular weight excluding hydrogens is 319 g/mol. The number of hydrogen-bond donors (Lipinski definition) is 0. The van der Waals surface area contributed by atoms with Crippen molar-refractivity contribution in [2.45, 2.75) is 44.7 Å². The van der Waals surface area contributed by atoms with E-state index >= 15 is 0 Å². The van der Waals surface area contributed by atoms with E-state index in [0.717, 1.165) is 16.3 Å². The summed E-state index contributed by atoms with van der Waals surface area (Å²) in [6.07, 6.45) is -4.17. The molecule has 0 radical (unpaired) electrons. The first-order valence-electron chi connectivity index (χ1n) is 6.53. The standard InChI is InChI=1S/C13H16F3N3O2S/c1-7-17-10(13(14,15)16)8(11(20)19(7)4)6-22-9-5-12(2,3)21-18-9/h5-6H2,1-4H3. The number of aromatic nitrogens is 2. The molecular formula is C13H16F3N3O2S. The van der Waals surface area contributed by atoms with Gasteiger partial charge in [-0.15, -0.1) is 11.8 Å². The van der Waals surface area contributed by atoms with Crippen LogP contribution in [0.5, 0.6) is 0 Å². The van der Waals surface area contributed by atoms with Crippen molar-refractivity contribution < 1.29 is 18.0 Å². The molecule has 0 atom stereocenters. The highest BCUT2D eigenvalue weighted by atomic mass is 32.2. The van der Waals surface area contributed by atoms with Crippen molar-refractivity contribution in [1.29, 1.82) is 0 Å². The summed E-state index contributed by atoms with van der Waals surface area (Å²) in [6, 6.07) is 0. The zero-order valence-corrected chi connectivity index (χ0v) is 13.4. The lowest BCUT2D eigenvalue weighted by atomic mass is 10.1. The molecule has 1 aliphatic rings. The minimum Gasteiger partial charge on any atom is -0.389 e. The highest BCUT2D eigenvalue weighted by Crippen LogP contribution is 2.33. The molecule has 1 aromatic heterocycles. The van der Waals surface area contributed by atoms with E-state index in [0.29, 0.717) is 11.5 Å². The molecule has 0 N–H and O–H groups in total. The van der Waals surface area contributed by atoms with E-state index in [1.54, 1.807) is 0 Å². The summed E-state index contributed by atoms with van der Waals surface area (Å²) in [6.45, 7) is 5.03. The van der Waals surface area contributed by atoms with Crippen molar-refractivity contribution in [3.05, 3.63) is 27.4 Å². The van der Waals surface area contributed by atoms with Gasteiger partial charge in [-0.05, 0) is 20.8 Å². The molecule has 122 valence electrons. The molecule has 0 saturated heterocycles. The van der Waals surface area contributed by atoms with Gasteiger partial charge >= 0.3 is 6.18 Å². The molecule has 0 spiro atoms. The molecule has 2 rings (SSSR count). The Morgan fingerprint density at radius 1 is 1.41 bits per heavy atom. The van der Waals surface area contributed by atoms with Crippen molar-refractivity contribution in [2.75, 3.05) is 0 Å².